The van der Waals surface area contributed by atoms with Gasteiger partial charge < -0.3 is 7.43 Å². The van der Waals surface area contributed by atoms with Gasteiger partial charge in [-0.05, 0) is 0 Å². The molecule has 0 aliphatic heterocycles. The summed E-state index contributed by atoms with van der Waals surface area (Å²) in [5, 5.41) is 0. The molecule has 5 heavy (non-hydrogen) atoms. The van der Waals surface area contributed by atoms with E-state index in [4.69, 9.17) is 0 Å². The molecule has 0 saturated heterocycles. The molecule has 0 aromatic rings. The number of halogens is 3. The van der Waals surface area contributed by atoms with Crippen LogP contribution in [-0.2, 0) is 14.7 Å². The smallest absolute Gasteiger partial charge is 0.358 e. The van der Waals surface area contributed by atoms with Crippen molar-refractivity contribution in [1.29, 1.82) is 0 Å². The molecule has 0 aliphatic rings. The van der Waals surface area contributed by atoms with Gasteiger partial charge in [-0.3, -0.25) is 0 Å². The van der Waals surface area contributed by atoms with Crippen molar-refractivity contribution in [3.8, 4) is 0 Å². The summed E-state index contributed by atoms with van der Waals surface area (Å²) in [5.74, 6) is 0. The van der Waals surface area contributed by atoms with E-state index in [9.17, 15) is 0 Å². The number of hydrogen-bond donors (Lipinski definition) is 0. The minimum absolute atomic E-state index is 0. The Morgan fingerprint density at radius 3 is 1.00 bits per heavy atom. The summed E-state index contributed by atoms with van der Waals surface area (Å²) >= 11 is 8.80. The Balaban J connectivity index is 0. The maximum absolute atomic E-state index is 3.30. The van der Waals surface area contributed by atoms with Gasteiger partial charge in [0.05, 0.1) is 0 Å². The van der Waals surface area contributed by atoms with Gasteiger partial charge in [0.15, 0.2) is 0 Å². The summed E-state index contributed by atoms with van der Waals surface area (Å²) in [6, 6.07) is 0. The molecular formula is CH3Br3Zr-. The minimum Gasteiger partial charge on any atom is -0.358 e. The summed E-state index contributed by atoms with van der Waals surface area (Å²) in [5.41, 5.74) is 0. The van der Waals surface area contributed by atoms with Crippen molar-refractivity contribution in [2.45, 2.75) is 0 Å². The van der Waals surface area contributed by atoms with E-state index in [1.165, 1.54) is 0 Å². The molecule has 0 unspecified atom stereocenters. The van der Waals surface area contributed by atoms with E-state index in [1.54, 1.807) is 0 Å². The van der Waals surface area contributed by atoms with Crippen LogP contribution in [0, 0.1) is 7.43 Å². The summed E-state index contributed by atoms with van der Waals surface area (Å²) in [6.45, 7) is 0. The maximum Gasteiger partial charge on any atom is -0.358 e. The topological polar surface area (TPSA) is 0 Å². The van der Waals surface area contributed by atoms with Crippen molar-refractivity contribution in [1.82, 2.24) is 0 Å². The molecule has 0 amide bonds. The van der Waals surface area contributed by atoms with E-state index in [0.717, 1.165) is 0 Å². The fourth-order valence-electron chi connectivity index (χ4n) is 0. The molecule has 0 nitrogen and oxygen atoms in total. The van der Waals surface area contributed by atoms with Crippen LogP contribution in [0.1, 0.15) is 0 Å². The first-order valence-corrected chi connectivity index (χ1v) is 17.4. The van der Waals surface area contributed by atoms with E-state index in [0.29, 0.717) is 0 Å². The summed E-state index contributed by atoms with van der Waals surface area (Å²) in [7, 11) is 0. The Labute approximate surface area is 57.7 Å². The molecule has 0 atom stereocenters. The van der Waals surface area contributed by atoms with Crippen molar-refractivity contribution >= 4 is 36.7 Å². The fraction of sp³-hybridized carbons (Fsp3) is 0. The third-order valence-corrected chi connectivity index (χ3v) is 0. The number of rotatable bonds is 0. The van der Waals surface area contributed by atoms with Crippen LogP contribution in [0.2, 0.25) is 0 Å². The van der Waals surface area contributed by atoms with Gasteiger partial charge in [0.1, 0.15) is 0 Å². The molecule has 0 saturated carbocycles. The van der Waals surface area contributed by atoms with Gasteiger partial charge >= 0.3 is 51.4 Å². The second-order valence-corrected chi connectivity index (χ2v) is 34.2. The average Bonchev–Trinajstić information content (AvgIpc) is 0.811. The van der Waals surface area contributed by atoms with Crippen LogP contribution in [0.5, 0.6) is 0 Å². The predicted molar refractivity (Wildman–Crippen MR) is 33.2 cm³/mol. The fourth-order valence-corrected chi connectivity index (χ4v) is 0. The molecule has 0 heterocycles. The van der Waals surface area contributed by atoms with Crippen molar-refractivity contribution in [3.05, 3.63) is 7.43 Å². The SMILES string of the molecule is [Br][Zr]([Br])[Br].[CH3-]. The largest absolute Gasteiger partial charge is 0.358 e. The van der Waals surface area contributed by atoms with Gasteiger partial charge in [-0.25, -0.2) is 0 Å². The van der Waals surface area contributed by atoms with Gasteiger partial charge in [-0.2, -0.15) is 0 Å². The first kappa shape index (κ1) is 10.3. The van der Waals surface area contributed by atoms with E-state index in [-0.39, 0.29) is 7.43 Å². The predicted octanol–water partition coefficient (Wildman–Crippen LogP) is 2.98. The molecular weight excluding hydrogens is 343 g/mol. The van der Waals surface area contributed by atoms with Crippen LogP contribution >= 0.6 is 36.7 Å². The Morgan fingerprint density at radius 1 is 1.00 bits per heavy atom. The molecule has 0 radical (unpaired) electrons. The molecule has 0 aromatic carbocycles. The van der Waals surface area contributed by atoms with Crippen molar-refractivity contribution in [2.24, 2.45) is 0 Å². The molecule has 0 aliphatic carbocycles. The van der Waals surface area contributed by atoms with Crippen molar-refractivity contribution < 1.29 is 14.7 Å². The van der Waals surface area contributed by atoms with Gasteiger partial charge in [0.2, 0.25) is 0 Å². The summed E-state index contributed by atoms with van der Waals surface area (Å²) in [4.78, 5) is 0. The second kappa shape index (κ2) is 6.32. The van der Waals surface area contributed by atoms with Gasteiger partial charge in [0, 0.05) is 0 Å². The molecule has 0 aromatic heterocycles. The second-order valence-electron chi connectivity index (χ2n) is 0.214. The zero-order valence-corrected chi connectivity index (χ0v) is 9.85. The first-order chi connectivity index (χ1) is 1.73. The van der Waals surface area contributed by atoms with Crippen LogP contribution in [0.4, 0.5) is 0 Å². The van der Waals surface area contributed by atoms with Crippen LogP contribution in [0.15, 0.2) is 0 Å². The first-order valence-electron chi connectivity index (χ1n) is 0.567. The molecule has 4 heteroatoms. The van der Waals surface area contributed by atoms with Gasteiger partial charge in [-0.15, -0.1) is 0 Å². The van der Waals surface area contributed by atoms with Crippen LogP contribution < -0.4 is 0 Å². The van der Waals surface area contributed by atoms with Crippen LogP contribution in [0.25, 0.3) is 0 Å². The van der Waals surface area contributed by atoms with Crippen molar-refractivity contribution in [3.63, 3.8) is 0 Å². The van der Waals surface area contributed by atoms with Gasteiger partial charge in [-0.1, -0.05) is 0 Å². The monoisotopic (exact) mass is 342 g/mol. The Kier molecular flexibility index (Phi) is 13.1. The third kappa shape index (κ3) is 21.9. The van der Waals surface area contributed by atoms with Crippen molar-refractivity contribution in [2.75, 3.05) is 0 Å². The molecule has 33 valence electrons. The normalized spacial score (nSPS) is 5.40. The third-order valence-electron chi connectivity index (χ3n) is 0. The average molecular weight is 346 g/mol. The minimum atomic E-state index is -1.11. The maximum atomic E-state index is 3.30. The molecule has 0 rings (SSSR count). The van der Waals surface area contributed by atoms with E-state index in [1.807, 2.05) is 0 Å². The molecule has 0 N–H and O–H groups in total. The van der Waals surface area contributed by atoms with E-state index >= 15 is 0 Å². The molecule has 0 spiro atoms. The Morgan fingerprint density at radius 2 is 1.00 bits per heavy atom. The molecule has 0 fully saturated rings. The Hall–Kier alpha value is 2.32. The van der Waals surface area contributed by atoms with Crippen LogP contribution in [-0.4, -0.2) is 0 Å². The van der Waals surface area contributed by atoms with Crippen LogP contribution in [0.3, 0.4) is 0 Å². The quantitative estimate of drug-likeness (QED) is 0.592. The van der Waals surface area contributed by atoms with E-state index in [2.05, 4.69) is 36.7 Å². The zero-order valence-electron chi connectivity index (χ0n) is 2.63. The number of hydrogen-bond acceptors (Lipinski definition) is 0. The van der Waals surface area contributed by atoms with Gasteiger partial charge in [0.25, 0.3) is 0 Å². The molecule has 0 bridgehead atoms. The van der Waals surface area contributed by atoms with E-state index < -0.39 is 14.7 Å². The summed E-state index contributed by atoms with van der Waals surface area (Å²) < 4.78 is 0. The Bertz CT molecular complexity index is 11.6. The summed E-state index contributed by atoms with van der Waals surface area (Å²) in [6.07, 6.45) is 0. The zero-order chi connectivity index (χ0) is 3.58. The standard InChI is InChI=1S/CH3.3BrH.Zr/h1H3;3*1H;/q-1;;;;+3/p-3.